The lowest BCUT2D eigenvalue weighted by molar-refractivity contribution is 0.0701. The van der Waals surface area contributed by atoms with E-state index in [9.17, 15) is 4.79 Å². The largest absolute Gasteiger partial charge is 0.477 e. The summed E-state index contributed by atoms with van der Waals surface area (Å²) in [5, 5.41) is 11.0. The number of aromatic nitrogens is 2. The van der Waals surface area contributed by atoms with Crippen molar-refractivity contribution >= 4 is 51.0 Å². The number of rotatable bonds is 6. The molecule has 0 bridgehead atoms. The Balaban J connectivity index is 2.31. The Bertz CT molecular complexity index is 598. The van der Waals surface area contributed by atoms with E-state index in [1.54, 1.807) is 11.8 Å². The van der Waals surface area contributed by atoms with Gasteiger partial charge in [0.2, 0.25) is 0 Å². The summed E-state index contributed by atoms with van der Waals surface area (Å²) in [4.78, 5) is 20.8. The predicted octanol–water partition coefficient (Wildman–Crippen LogP) is 3.54. The molecule has 4 nitrogen and oxygen atoms in total. The summed E-state index contributed by atoms with van der Waals surface area (Å²) in [6.45, 7) is 1.83. The topological polar surface area (TPSA) is 63.1 Å². The summed E-state index contributed by atoms with van der Waals surface area (Å²) < 4.78 is 0. The standard InChI is InChI=1S/C12H14N2O2S3/c1-7-8-10(18-5-3-4-17-2)13-6-14-11(8)19-9(7)12(15)16/h6H,3-5H2,1-2H3,(H,15,16). The normalized spacial score (nSPS) is 11.1. The minimum atomic E-state index is -0.890. The zero-order valence-corrected chi connectivity index (χ0v) is 13.1. The number of carboxylic acids is 1. The molecular weight excluding hydrogens is 300 g/mol. The molecule has 0 aliphatic rings. The second kappa shape index (κ2) is 6.58. The molecule has 0 spiro atoms. The van der Waals surface area contributed by atoms with Gasteiger partial charge in [-0.3, -0.25) is 0 Å². The Labute approximate surface area is 124 Å². The molecule has 0 aromatic carbocycles. The molecule has 102 valence electrons. The molecule has 2 rings (SSSR count). The molecule has 2 aromatic rings. The van der Waals surface area contributed by atoms with Gasteiger partial charge in [-0.15, -0.1) is 23.1 Å². The lowest BCUT2D eigenvalue weighted by atomic mass is 10.2. The first-order valence-corrected chi connectivity index (χ1v) is 8.94. The first-order chi connectivity index (χ1) is 9.15. The number of thiophene rings is 1. The van der Waals surface area contributed by atoms with Crippen molar-refractivity contribution in [3.05, 3.63) is 16.8 Å². The smallest absolute Gasteiger partial charge is 0.346 e. The second-order valence-electron chi connectivity index (χ2n) is 3.92. The average Bonchev–Trinajstić information content (AvgIpc) is 2.73. The van der Waals surface area contributed by atoms with Crippen LogP contribution in [-0.4, -0.2) is 38.8 Å². The van der Waals surface area contributed by atoms with Crippen molar-refractivity contribution in [1.82, 2.24) is 9.97 Å². The molecule has 0 amide bonds. The van der Waals surface area contributed by atoms with Gasteiger partial charge in [0.05, 0.1) is 0 Å². The summed E-state index contributed by atoms with van der Waals surface area (Å²) in [5.41, 5.74) is 0.778. The summed E-state index contributed by atoms with van der Waals surface area (Å²) >= 11 is 4.73. The molecule has 0 saturated carbocycles. The summed E-state index contributed by atoms with van der Waals surface area (Å²) in [6, 6.07) is 0. The van der Waals surface area contributed by atoms with Crippen molar-refractivity contribution in [2.45, 2.75) is 18.4 Å². The van der Waals surface area contributed by atoms with Crippen molar-refractivity contribution in [3.63, 3.8) is 0 Å². The zero-order chi connectivity index (χ0) is 13.8. The van der Waals surface area contributed by atoms with E-state index < -0.39 is 5.97 Å². The number of hydrogen-bond acceptors (Lipinski definition) is 6. The third-order valence-corrected chi connectivity index (χ3v) is 5.58. The number of carbonyl (C=O) groups is 1. The maximum Gasteiger partial charge on any atom is 0.346 e. The van der Waals surface area contributed by atoms with Crippen LogP contribution < -0.4 is 0 Å². The van der Waals surface area contributed by atoms with Crippen molar-refractivity contribution < 1.29 is 9.90 Å². The maximum atomic E-state index is 11.2. The van der Waals surface area contributed by atoms with Gasteiger partial charge >= 0.3 is 5.97 Å². The number of nitrogens with zero attached hydrogens (tertiary/aromatic N) is 2. The monoisotopic (exact) mass is 314 g/mol. The van der Waals surface area contributed by atoms with Crippen LogP contribution in [0.4, 0.5) is 0 Å². The molecule has 0 radical (unpaired) electrons. The van der Waals surface area contributed by atoms with Gasteiger partial charge in [-0.25, -0.2) is 14.8 Å². The molecule has 2 heterocycles. The van der Waals surface area contributed by atoms with Crippen LogP contribution in [0.2, 0.25) is 0 Å². The minimum Gasteiger partial charge on any atom is -0.477 e. The van der Waals surface area contributed by atoms with Gasteiger partial charge in [-0.1, -0.05) is 0 Å². The van der Waals surface area contributed by atoms with Gasteiger partial charge in [0.15, 0.2) is 0 Å². The molecule has 2 aromatic heterocycles. The van der Waals surface area contributed by atoms with Crippen LogP contribution in [0.1, 0.15) is 21.7 Å². The molecule has 19 heavy (non-hydrogen) atoms. The van der Waals surface area contributed by atoms with Crippen LogP contribution in [0.3, 0.4) is 0 Å². The number of fused-ring (bicyclic) bond motifs is 1. The molecule has 0 aliphatic carbocycles. The van der Waals surface area contributed by atoms with Crippen LogP contribution in [0.5, 0.6) is 0 Å². The maximum absolute atomic E-state index is 11.2. The van der Waals surface area contributed by atoms with Crippen LogP contribution >= 0.6 is 34.9 Å². The number of carboxylic acid groups (broad SMARTS) is 1. The van der Waals surface area contributed by atoms with Gasteiger partial charge < -0.3 is 5.11 Å². The van der Waals surface area contributed by atoms with E-state index in [2.05, 4.69) is 16.2 Å². The van der Waals surface area contributed by atoms with Crippen LogP contribution in [-0.2, 0) is 0 Å². The van der Waals surface area contributed by atoms with E-state index >= 15 is 0 Å². The highest BCUT2D eigenvalue weighted by molar-refractivity contribution is 8.00. The molecule has 0 atom stereocenters. The van der Waals surface area contributed by atoms with Gasteiger partial charge in [0.25, 0.3) is 0 Å². The lowest BCUT2D eigenvalue weighted by Crippen LogP contribution is -1.94. The van der Waals surface area contributed by atoms with Gasteiger partial charge in [0, 0.05) is 11.1 Å². The van der Waals surface area contributed by atoms with Crippen LogP contribution in [0.25, 0.3) is 10.2 Å². The van der Waals surface area contributed by atoms with E-state index in [0.29, 0.717) is 4.88 Å². The first kappa shape index (κ1) is 14.6. The lowest BCUT2D eigenvalue weighted by Gasteiger charge is -2.02. The zero-order valence-electron chi connectivity index (χ0n) is 10.7. The number of aromatic carboxylic acids is 1. The third-order valence-electron chi connectivity index (χ3n) is 2.62. The van der Waals surface area contributed by atoms with Crippen molar-refractivity contribution in [2.24, 2.45) is 0 Å². The Morgan fingerprint density at radius 2 is 2.21 bits per heavy atom. The average molecular weight is 314 g/mol. The molecular formula is C12H14N2O2S3. The van der Waals surface area contributed by atoms with E-state index in [1.165, 1.54) is 17.7 Å². The molecule has 7 heteroatoms. The predicted molar refractivity (Wildman–Crippen MR) is 82.8 cm³/mol. The fraction of sp³-hybridized carbons (Fsp3) is 0.417. The SMILES string of the molecule is CSCCCSc1ncnc2sc(C(=O)O)c(C)c12. The van der Waals surface area contributed by atoms with Crippen LogP contribution in [0.15, 0.2) is 11.4 Å². The minimum absolute atomic E-state index is 0.362. The van der Waals surface area contributed by atoms with E-state index in [-0.39, 0.29) is 0 Å². The fourth-order valence-corrected chi connectivity index (χ4v) is 4.39. The Morgan fingerprint density at radius 3 is 2.89 bits per heavy atom. The summed E-state index contributed by atoms with van der Waals surface area (Å²) in [7, 11) is 0. The molecule has 1 N–H and O–H groups in total. The Hall–Kier alpha value is -0.790. The quantitative estimate of drug-likeness (QED) is 0.500. The van der Waals surface area contributed by atoms with E-state index in [0.717, 1.165) is 38.7 Å². The number of hydrogen-bond donors (Lipinski definition) is 1. The molecule has 0 fully saturated rings. The Kier molecular flexibility index (Phi) is 5.06. The summed E-state index contributed by atoms with van der Waals surface area (Å²) in [5.74, 6) is 1.23. The highest BCUT2D eigenvalue weighted by atomic mass is 32.2. The second-order valence-corrected chi connectivity index (χ2v) is 6.98. The van der Waals surface area contributed by atoms with E-state index in [4.69, 9.17) is 5.11 Å². The van der Waals surface area contributed by atoms with Crippen molar-refractivity contribution in [3.8, 4) is 0 Å². The number of aryl methyl sites for hydroxylation is 1. The first-order valence-electron chi connectivity index (χ1n) is 5.74. The highest BCUT2D eigenvalue weighted by Gasteiger charge is 2.18. The van der Waals surface area contributed by atoms with Gasteiger partial charge in [-0.05, 0) is 30.9 Å². The molecule has 0 saturated heterocycles. The van der Waals surface area contributed by atoms with E-state index in [1.807, 2.05) is 18.7 Å². The van der Waals surface area contributed by atoms with Crippen molar-refractivity contribution in [1.29, 1.82) is 0 Å². The van der Waals surface area contributed by atoms with Gasteiger partial charge in [0.1, 0.15) is 21.1 Å². The third kappa shape index (κ3) is 3.21. The summed E-state index contributed by atoms with van der Waals surface area (Å²) in [6.07, 6.45) is 4.73. The highest BCUT2D eigenvalue weighted by Crippen LogP contribution is 2.35. The number of thioether (sulfide) groups is 2. The molecule has 0 unspecified atom stereocenters. The van der Waals surface area contributed by atoms with Gasteiger partial charge in [-0.2, -0.15) is 11.8 Å². The van der Waals surface area contributed by atoms with Crippen molar-refractivity contribution in [2.75, 3.05) is 17.8 Å². The molecule has 0 aliphatic heterocycles. The fourth-order valence-electron chi connectivity index (χ4n) is 1.72. The van der Waals surface area contributed by atoms with Crippen LogP contribution in [0, 0.1) is 6.92 Å². The Morgan fingerprint density at radius 1 is 1.42 bits per heavy atom.